The van der Waals surface area contributed by atoms with Crippen molar-refractivity contribution in [2.75, 3.05) is 39.3 Å². The van der Waals surface area contributed by atoms with Crippen molar-refractivity contribution in [1.82, 2.24) is 15.1 Å². The molecular formula is C16H23N3O. The fourth-order valence-electron chi connectivity index (χ4n) is 3.22. The Balaban J connectivity index is 1.47. The van der Waals surface area contributed by atoms with Gasteiger partial charge in [0.15, 0.2) is 0 Å². The molecule has 0 radical (unpaired) electrons. The molecule has 108 valence electrons. The monoisotopic (exact) mass is 273 g/mol. The second kappa shape index (κ2) is 5.94. The van der Waals surface area contributed by atoms with Crippen LogP contribution in [0.15, 0.2) is 24.3 Å². The second-order valence-corrected chi connectivity index (χ2v) is 5.96. The number of piperazine rings is 3. The minimum atomic E-state index is 0.133. The summed E-state index contributed by atoms with van der Waals surface area (Å²) in [6.45, 7) is 8.62. The summed E-state index contributed by atoms with van der Waals surface area (Å²) >= 11 is 0. The molecule has 3 saturated heterocycles. The van der Waals surface area contributed by atoms with Crippen LogP contribution in [0.2, 0.25) is 0 Å². The first kappa shape index (κ1) is 13.6. The van der Waals surface area contributed by atoms with Gasteiger partial charge < -0.3 is 5.32 Å². The van der Waals surface area contributed by atoms with E-state index in [2.05, 4.69) is 34.2 Å². The molecule has 1 aromatic rings. The smallest absolute Gasteiger partial charge is 0.224 e. The molecule has 1 atom stereocenters. The molecule has 4 heteroatoms. The zero-order valence-electron chi connectivity index (χ0n) is 12.1. The molecule has 0 aromatic heterocycles. The zero-order valence-corrected chi connectivity index (χ0v) is 12.1. The number of hydrogen-bond donors (Lipinski definition) is 1. The summed E-state index contributed by atoms with van der Waals surface area (Å²) in [4.78, 5) is 17.0. The van der Waals surface area contributed by atoms with Crippen LogP contribution in [0.3, 0.4) is 0 Å². The van der Waals surface area contributed by atoms with E-state index < -0.39 is 0 Å². The fourth-order valence-corrected chi connectivity index (χ4v) is 3.22. The van der Waals surface area contributed by atoms with E-state index in [1.165, 1.54) is 18.7 Å². The van der Waals surface area contributed by atoms with Crippen molar-refractivity contribution < 1.29 is 4.79 Å². The highest BCUT2D eigenvalue weighted by Crippen LogP contribution is 2.14. The van der Waals surface area contributed by atoms with Crippen molar-refractivity contribution in [3.8, 4) is 0 Å². The summed E-state index contributed by atoms with van der Waals surface area (Å²) in [5, 5.41) is 3.10. The number of rotatable bonds is 4. The number of amides is 1. The average molecular weight is 273 g/mol. The van der Waals surface area contributed by atoms with E-state index in [0.717, 1.165) is 31.7 Å². The Morgan fingerprint density at radius 1 is 1.30 bits per heavy atom. The Morgan fingerprint density at radius 3 is 2.75 bits per heavy atom. The van der Waals surface area contributed by atoms with Crippen LogP contribution >= 0.6 is 0 Å². The third-order valence-electron chi connectivity index (χ3n) is 4.37. The molecule has 1 aromatic carbocycles. The number of aryl methyl sites for hydroxylation is 1. The first-order chi connectivity index (χ1) is 9.70. The molecule has 0 spiro atoms. The van der Waals surface area contributed by atoms with Crippen molar-refractivity contribution in [3.05, 3.63) is 35.4 Å². The number of nitrogens with zero attached hydrogens (tertiary/aromatic N) is 2. The van der Waals surface area contributed by atoms with Crippen LogP contribution in [0.25, 0.3) is 0 Å². The summed E-state index contributed by atoms with van der Waals surface area (Å²) < 4.78 is 0. The Hall–Kier alpha value is -1.39. The van der Waals surface area contributed by atoms with Crippen LogP contribution in [0.4, 0.5) is 0 Å². The van der Waals surface area contributed by atoms with Gasteiger partial charge in [0.1, 0.15) is 0 Å². The third kappa shape index (κ3) is 3.19. The van der Waals surface area contributed by atoms with Gasteiger partial charge in [-0.1, -0.05) is 29.8 Å². The Labute approximate surface area is 120 Å². The van der Waals surface area contributed by atoms with Crippen molar-refractivity contribution >= 4 is 5.91 Å². The fraction of sp³-hybridized carbons (Fsp3) is 0.562. The number of nitrogens with one attached hydrogen (secondary N) is 1. The maximum absolute atomic E-state index is 12.0. The largest absolute Gasteiger partial charge is 0.354 e. The molecule has 2 bridgehead atoms. The Morgan fingerprint density at radius 2 is 2.10 bits per heavy atom. The highest BCUT2D eigenvalue weighted by molar-refractivity contribution is 5.78. The van der Waals surface area contributed by atoms with E-state index in [-0.39, 0.29) is 5.91 Å². The van der Waals surface area contributed by atoms with Crippen LogP contribution in [0.1, 0.15) is 11.1 Å². The highest BCUT2D eigenvalue weighted by Gasteiger charge is 2.31. The maximum atomic E-state index is 12.0. The van der Waals surface area contributed by atoms with Gasteiger partial charge in [-0.05, 0) is 12.5 Å². The van der Waals surface area contributed by atoms with Crippen molar-refractivity contribution in [3.63, 3.8) is 0 Å². The van der Waals surface area contributed by atoms with E-state index in [9.17, 15) is 4.79 Å². The number of benzene rings is 1. The van der Waals surface area contributed by atoms with Crippen LogP contribution in [0.5, 0.6) is 0 Å². The lowest BCUT2D eigenvalue weighted by Crippen LogP contribution is -2.63. The summed E-state index contributed by atoms with van der Waals surface area (Å²) in [6.07, 6.45) is 0.484. The SMILES string of the molecule is Cc1cccc(CC(=O)NCC2CN3CCN2CC3)c1. The van der Waals surface area contributed by atoms with Crippen molar-refractivity contribution in [2.45, 2.75) is 19.4 Å². The summed E-state index contributed by atoms with van der Waals surface area (Å²) in [6, 6.07) is 8.67. The number of fused-ring (bicyclic) bond motifs is 3. The first-order valence-corrected chi connectivity index (χ1v) is 7.49. The molecular weight excluding hydrogens is 250 g/mol. The number of carbonyl (C=O) groups is 1. The van der Waals surface area contributed by atoms with E-state index in [4.69, 9.17) is 0 Å². The lowest BCUT2D eigenvalue weighted by atomic mass is 10.1. The standard InChI is InChI=1S/C16H23N3O/c1-13-3-2-4-14(9-13)10-16(20)17-11-15-12-18-5-7-19(15)8-6-18/h2-4,9,15H,5-8,10-12H2,1H3,(H,17,20). The quantitative estimate of drug-likeness (QED) is 0.875. The molecule has 1 amide bonds. The molecule has 3 aliphatic heterocycles. The molecule has 3 fully saturated rings. The van der Waals surface area contributed by atoms with Crippen LogP contribution in [-0.2, 0) is 11.2 Å². The molecule has 0 aliphatic carbocycles. The predicted octanol–water partition coefficient (Wildman–Crippen LogP) is 0.654. The molecule has 3 heterocycles. The first-order valence-electron chi connectivity index (χ1n) is 7.49. The van der Waals surface area contributed by atoms with Gasteiger partial charge in [0.2, 0.25) is 5.91 Å². The zero-order chi connectivity index (χ0) is 13.9. The predicted molar refractivity (Wildman–Crippen MR) is 79.7 cm³/mol. The van der Waals surface area contributed by atoms with Gasteiger partial charge in [0, 0.05) is 45.3 Å². The van der Waals surface area contributed by atoms with Crippen LogP contribution in [-0.4, -0.2) is 61.0 Å². The Bertz CT molecular complexity index is 480. The Kier molecular flexibility index (Phi) is 4.03. The maximum Gasteiger partial charge on any atom is 0.224 e. The van der Waals surface area contributed by atoms with Gasteiger partial charge in [-0.3, -0.25) is 14.6 Å². The summed E-state index contributed by atoms with van der Waals surface area (Å²) in [7, 11) is 0. The van der Waals surface area contributed by atoms with Crippen molar-refractivity contribution in [1.29, 1.82) is 0 Å². The topological polar surface area (TPSA) is 35.6 Å². The van der Waals surface area contributed by atoms with Crippen molar-refractivity contribution in [2.24, 2.45) is 0 Å². The lowest BCUT2D eigenvalue weighted by molar-refractivity contribution is -0.121. The molecule has 1 N–H and O–H groups in total. The van der Waals surface area contributed by atoms with E-state index >= 15 is 0 Å². The van der Waals surface area contributed by atoms with Gasteiger partial charge >= 0.3 is 0 Å². The molecule has 3 aliphatic rings. The second-order valence-electron chi connectivity index (χ2n) is 5.96. The summed E-state index contributed by atoms with van der Waals surface area (Å²) in [5.74, 6) is 0.133. The molecule has 1 unspecified atom stereocenters. The minimum absolute atomic E-state index is 0.133. The highest BCUT2D eigenvalue weighted by atomic mass is 16.1. The van der Waals surface area contributed by atoms with Gasteiger partial charge in [0.25, 0.3) is 0 Å². The van der Waals surface area contributed by atoms with E-state index in [1.807, 2.05) is 12.1 Å². The molecule has 0 saturated carbocycles. The minimum Gasteiger partial charge on any atom is -0.354 e. The van der Waals surface area contributed by atoms with Gasteiger partial charge in [-0.15, -0.1) is 0 Å². The lowest BCUT2D eigenvalue weighted by Gasteiger charge is -2.47. The van der Waals surface area contributed by atoms with Gasteiger partial charge in [-0.25, -0.2) is 0 Å². The number of hydrogen-bond acceptors (Lipinski definition) is 3. The van der Waals surface area contributed by atoms with E-state index in [1.54, 1.807) is 0 Å². The molecule has 4 rings (SSSR count). The van der Waals surface area contributed by atoms with Crippen LogP contribution in [0, 0.1) is 6.92 Å². The third-order valence-corrected chi connectivity index (χ3v) is 4.37. The van der Waals surface area contributed by atoms with Crippen LogP contribution < -0.4 is 5.32 Å². The van der Waals surface area contributed by atoms with Gasteiger partial charge in [-0.2, -0.15) is 0 Å². The number of carbonyl (C=O) groups excluding carboxylic acids is 1. The van der Waals surface area contributed by atoms with Gasteiger partial charge in [0.05, 0.1) is 6.42 Å². The normalized spacial score (nSPS) is 28.4. The summed E-state index contributed by atoms with van der Waals surface area (Å²) in [5.41, 5.74) is 2.30. The molecule has 20 heavy (non-hydrogen) atoms. The van der Waals surface area contributed by atoms with E-state index in [0.29, 0.717) is 12.5 Å². The average Bonchev–Trinajstić information content (AvgIpc) is 2.46. The molecule has 4 nitrogen and oxygen atoms in total.